The van der Waals surface area contributed by atoms with E-state index in [1.54, 1.807) is 6.07 Å². The summed E-state index contributed by atoms with van der Waals surface area (Å²) in [6.07, 6.45) is 2.87. The van der Waals surface area contributed by atoms with Crippen molar-refractivity contribution in [3.05, 3.63) is 29.6 Å². The van der Waals surface area contributed by atoms with Crippen molar-refractivity contribution in [1.29, 1.82) is 0 Å². The summed E-state index contributed by atoms with van der Waals surface area (Å²) in [6, 6.07) is 4.52. The zero-order valence-corrected chi connectivity index (χ0v) is 14.8. The Balaban J connectivity index is 1.73. The highest BCUT2D eigenvalue weighted by atomic mass is 19.1. The lowest BCUT2D eigenvalue weighted by molar-refractivity contribution is -0.126. The molecule has 5 nitrogen and oxygen atoms in total. The predicted molar refractivity (Wildman–Crippen MR) is 96.0 cm³/mol. The summed E-state index contributed by atoms with van der Waals surface area (Å²) in [6.45, 7) is 5.14. The van der Waals surface area contributed by atoms with Crippen LogP contribution in [0.3, 0.4) is 0 Å². The largest absolute Gasteiger partial charge is 0.393 e. The van der Waals surface area contributed by atoms with Crippen LogP contribution in [-0.4, -0.2) is 43.3 Å². The van der Waals surface area contributed by atoms with Crippen molar-refractivity contribution in [3.8, 4) is 0 Å². The molecule has 0 spiro atoms. The molecule has 3 N–H and O–H groups in total. The second-order valence-electron chi connectivity index (χ2n) is 7.18. The monoisotopic (exact) mass is 349 g/mol. The van der Waals surface area contributed by atoms with Gasteiger partial charge in [0.05, 0.1) is 12.1 Å². The van der Waals surface area contributed by atoms with Gasteiger partial charge in [-0.05, 0) is 63.9 Å². The van der Waals surface area contributed by atoms with Crippen molar-refractivity contribution >= 4 is 11.6 Å². The number of aliphatic hydroxyl groups excluding tert-OH is 1. The molecule has 0 bridgehead atoms. The number of aliphatic hydroxyl groups is 1. The summed E-state index contributed by atoms with van der Waals surface area (Å²) in [5.41, 5.74) is 1.75. The van der Waals surface area contributed by atoms with Crippen LogP contribution in [-0.2, 0) is 4.79 Å². The number of piperidine rings is 2. The molecule has 3 rings (SSSR count). The van der Waals surface area contributed by atoms with Crippen LogP contribution in [0.5, 0.6) is 0 Å². The van der Waals surface area contributed by atoms with Crippen molar-refractivity contribution in [1.82, 2.24) is 10.6 Å². The number of hydrogen-bond acceptors (Lipinski definition) is 4. The van der Waals surface area contributed by atoms with Gasteiger partial charge in [0.1, 0.15) is 5.82 Å². The Kier molecular flexibility index (Phi) is 5.91. The molecule has 138 valence electrons. The maximum atomic E-state index is 13.8. The van der Waals surface area contributed by atoms with E-state index in [2.05, 4.69) is 15.5 Å². The molecule has 1 atom stereocenters. The van der Waals surface area contributed by atoms with Gasteiger partial charge in [-0.1, -0.05) is 0 Å². The second kappa shape index (κ2) is 8.15. The lowest BCUT2D eigenvalue weighted by Crippen LogP contribution is -2.40. The number of benzene rings is 1. The van der Waals surface area contributed by atoms with Gasteiger partial charge in [-0.3, -0.25) is 4.79 Å². The SMILES string of the molecule is CC(NC(=O)C1CCNCC1)c1cc(F)ccc1N1CCC(O)CC1. The minimum Gasteiger partial charge on any atom is -0.393 e. The van der Waals surface area contributed by atoms with Crippen molar-refractivity contribution in [2.45, 2.75) is 44.8 Å². The van der Waals surface area contributed by atoms with Crippen LogP contribution in [0.25, 0.3) is 0 Å². The number of nitrogens with one attached hydrogen (secondary N) is 2. The maximum absolute atomic E-state index is 13.8. The summed E-state index contributed by atoms with van der Waals surface area (Å²) in [4.78, 5) is 14.7. The molecule has 2 heterocycles. The van der Waals surface area contributed by atoms with Crippen LogP contribution >= 0.6 is 0 Å². The zero-order valence-electron chi connectivity index (χ0n) is 14.8. The van der Waals surface area contributed by atoms with Gasteiger partial charge in [-0.2, -0.15) is 0 Å². The molecular formula is C19H28FN3O2. The Morgan fingerprint density at radius 3 is 2.64 bits per heavy atom. The second-order valence-corrected chi connectivity index (χ2v) is 7.18. The Labute approximate surface area is 148 Å². The first-order valence-electron chi connectivity index (χ1n) is 9.28. The fourth-order valence-electron chi connectivity index (χ4n) is 3.76. The molecule has 0 aromatic heterocycles. The fourth-order valence-corrected chi connectivity index (χ4v) is 3.76. The summed E-state index contributed by atoms with van der Waals surface area (Å²) < 4.78 is 13.8. The lowest BCUT2D eigenvalue weighted by Gasteiger charge is -2.34. The molecule has 0 saturated carbocycles. The fraction of sp³-hybridized carbons (Fsp3) is 0.632. The quantitative estimate of drug-likeness (QED) is 0.778. The number of amides is 1. The van der Waals surface area contributed by atoms with E-state index >= 15 is 0 Å². The summed E-state index contributed by atoms with van der Waals surface area (Å²) >= 11 is 0. The summed E-state index contributed by atoms with van der Waals surface area (Å²) in [5, 5.41) is 16.0. The van der Waals surface area contributed by atoms with Crippen molar-refractivity contribution in [2.24, 2.45) is 5.92 Å². The molecule has 0 radical (unpaired) electrons. The molecule has 0 aliphatic carbocycles. The van der Waals surface area contributed by atoms with Gasteiger partial charge < -0.3 is 20.6 Å². The first-order chi connectivity index (χ1) is 12.0. The smallest absolute Gasteiger partial charge is 0.223 e. The van der Waals surface area contributed by atoms with Gasteiger partial charge >= 0.3 is 0 Å². The van der Waals surface area contributed by atoms with E-state index in [1.165, 1.54) is 12.1 Å². The molecule has 2 aliphatic heterocycles. The van der Waals surface area contributed by atoms with Crippen LogP contribution in [0.1, 0.15) is 44.2 Å². The lowest BCUT2D eigenvalue weighted by atomic mass is 9.96. The molecule has 6 heteroatoms. The Morgan fingerprint density at radius 1 is 1.28 bits per heavy atom. The van der Waals surface area contributed by atoms with Gasteiger partial charge in [0.15, 0.2) is 0 Å². The standard InChI is InChI=1S/C19H28FN3O2/c1-13(22-19(25)14-4-8-21-9-5-14)17-12-15(20)2-3-18(17)23-10-6-16(24)7-11-23/h2-3,12-14,16,21,24H,4-11H2,1H3,(H,22,25). The Hall–Kier alpha value is -1.66. The van der Waals surface area contributed by atoms with E-state index in [4.69, 9.17) is 0 Å². The number of anilines is 1. The van der Waals surface area contributed by atoms with Crippen LogP contribution in [0.2, 0.25) is 0 Å². The first-order valence-corrected chi connectivity index (χ1v) is 9.28. The van der Waals surface area contributed by atoms with Crippen LogP contribution in [0, 0.1) is 11.7 Å². The van der Waals surface area contributed by atoms with E-state index in [0.717, 1.165) is 50.3 Å². The highest BCUT2D eigenvalue weighted by molar-refractivity contribution is 5.79. The van der Waals surface area contributed by atoms with Crippen LogP contribution in [0.4, 0.5) is 10.1 Å². The normalized spacial score (nSPS) is 21.2. The predicted octanol–water partition coefficient (Wildman–Crippen LogP) is 1.96. The van der Waals surface area contributed by atoms with E-state index in [1.807, 2.05) is 6.92 Å². The van der Waals surface area contributed by atoms with Crippen LogP contribution < -0.4 is 15.5 Å². The highest BCUT2D eigenvalue weighted by Gasteiger charge is 2.25. The summed E-state index contributed by atoms with van der Waals surface area (Å²) in [7, 11) is 0. The van der Waals surface area contributed by atoms with Gasteiger partial charge in [0.25, 0.3) is 0 Å². The number of nitrogens with zero attached hydrogens (tertiary/aromatic N) is 1. The molecular weight excluding hydrogens is 321 g/mol. The van der Waals surface area contributed by atoms with Crippen LogP contribution in [0.15, 0.2) is 18.2 Å². The molecule has 2 saturated heterocycles. The van der Waals surface area contributed by atoms with E-state index in [0.29, 0.717) is 12.8 Å². The molecule has 2 aliphatic rings. The first kappa shape index (κ1) is 18.1. The third-order valence-electron chi connectivity index (χ3n) is 5.33. The number of rotatable bonds is 4. The third kappa shape index (κ3) is 4.50. The molecule has 1 amide bonds. The molecule has 1 aromatic rings. The van der Waals surface area contributed by atoms with E-state index < -0.39 is 0 Å². The molecule has 1 unspecified atom stereocenters. The van der Waals surface area contributed by atoms with Gasteiger partial charge in [0.2, 0.25) is 5.91 Å². The van der Waals surface area contributed by atoms with Crippen molar-refractivity contribution < 1.29 is 14.3 Å². The molecule has 25 heavy (non-hydrogen) atoms. The number of hydrogen-bond donors (Lipinski definition) is 3. The number of halogens is 1. The van der Waals surface area contributed by atoms with Gasteiger partial charge in [-0.15, -0.1) is 0 Å². The average molecular weight is 349 g/mol. The number of carbonyl (C=O) groups is 1. The van der Waals surface area contributed by atoms with Crippen molar-refractivity contribution in [2.75, 3.05) is 31.1 Å². The molecule has 1 aromatic carbocycles. The van der Waals surface area contributed by atoms with E-state index in [9.17, 15) is 14.3 Å². The minimum absolute atomic E-state index is 0.0332. The van der Waals surface area contributed by atoms with E-state index in [-0.39, 0.29) is 29.8 Å². The van der Waals surface area contributed by atoms with Gasteiger partial charge in [0, 0.05) is 30.3 Å². The minimum atomic E-state index is -0.293. The van der Waals surface area contributed by atoms with Gasteiger partial charge in [-0.25, -0.2) is 4.39 Å². The average Bonchev–Trinajstić information content (AvgIpc) is 2.63. The maximum Gasteiger partial charge on any atom is 0.223 e. The topological polar surface area (TPSA) is 64.6 Å². The van der Waals surface area contributed by atoms with Crippen molar-refractivity contribution in [3.63, 3.8) is 0 Å². The third-order valence-corrected chi connectivity index (χ3v) is 5.33. The Morgan fingerprint density at radius 2 is 1.96 bits per heavy atom. The zero-order chi connectivity index (χ0) is 17.8. The molecule has 2 fully saturated rings. The number of carbonyl (C=O) groups excluding carboxylic acids is 1. The Bertz CT molecular complexity index is 596. The summed E-state index contributed by atoms with van der Waals surface area (Å²) in [5.74, 6) is -0.206. The highest BCUT2D eigenvalue weighted by Crippen LogP contribution is 2.30.